The standard InChI is InChI=1S/C9H13F3N2S/c1-5(2)8-14-7(9(10,11)12)6(15-8)4-13-3/h5,13H,4H2,1-3H3. The number of halogens is 3. The summed E-state index contributed by atoms with van der Waals surface area (Å²) in [5.41, 5.74) is -0.745. The summed E-state index contributed by atoms with van der Waals surface area (Å²) in [5.74, 6) is 0.0294. The molecule has 1 heterocycles. The fourth-order valence-corrected chi connectivity index (χ4v) is 2.22. The Bertz CT molecular complexity index is 331. The summed E-state index contributed by atoms with van der Waals surface area (Å²) >= 11 is 1.13. The maximum Gasteiger partial charge on any atom is 0.434 e. The SMILES string of the molecule is CNCc1sc(C(C)C)nc1C(F)(F)F. The molecule has 2 nitrogen and oxygen atoms in total. The van der Waals surface area contributed by atoms with E-state index in [0.717, 1.165) is 11.3 Å². The molecule has 0 saturated carbocycles. The molecule has 1 aromatic rings. The van der Waals surface area contributed by atoms with Crippen molar-refractivity contribution in [2.45, 2.75) is 32.5 Å². The molecular formula is C9H13F3N2S. The van der Waals surface area contributed by atoms with Gasteiger partial charge in [-0.2, -0.15) is 13.2 Å². The van der Waals surface area contributed by atoms with Crippen LogP contribution in [-0.4, -0.2) is 12.0 Å². The Balaban J connectivity index is 3.12. The van der Waals surface area contributed by atoms with Gasteiger partial charge < -0.3 is 5.32 Å². The van der Waals surface area contributed by atoms with Crippen LogP contribution < -0.4 is 5.32 Å². The van der Waals surface area contributed by atoms with Crippen molar-refractivity contribution in [1.29, 1.82) is 0 Å². The number of aromatic nitrogens is 1. The van der Waals surface area contributed by atoms with Gasteiger partial charge in [0.1, 0.15) is 0 Å². The van der Waals surface area contributed by atoms with E-state index in [1.165, 1.54) is 0 Å². The minimum Gasteiger partial charge on any atom is -0.315 e. The molecule has 0 amide bonds. The first-order chi connectivity index (χ1) is 6.86. The van der Waals surface area contributed by atoms with Gasteiger partial charge in [0.2, 0.25) is 0 Å². The molecule has 1 rings (SSSR count). The molecule has 0 aliphatic heterocycles. The second-order valence-corrected chi connectivity index (χ2v) is 4.62. The largest absolute Gasteiger partial charge is 0.434 e. The molecule has 0 aliphatic carbocycles. The molecule has 0 aliphatic rings. The molecule has 15 heavy (non-hydrogen) atoms. The van der Waals surface area contributed by atoms with Crippen LogP contribution in [0, 0.1) is 0 Å². The van der Waals surface area contributed by atoms with Crippen molar-refractivity contribution < 1.29 is 13.2 Å². The normalized spacial score (nSPS) is 12.5. The first kappa shape index (κ1) is 12.4. The maximum absolute atomic E-state index is 12.6. The van der Waals surface area contributed by atoms with Crippen LogP contribution in [0.2, 0.25) is 0 Å². The number of hydrogen-bond donors (Lipinski definition) is 1. The summed E-state index contributed by atoms with van der Waals surface area (Å²) in [7, 11) is 1.62. The second kappa shape index (κ2) is 4.49. The van der Waals surface area contributed by atoms with E-state index in [9.17, 15) is 13.2 Å². The summed E-state index contributed by atoms with van der Waals surface area (Å²) in [6.07, 6.45) is -4.35. The second-order valence-electron chi connectivity index (χ2n) is 3.51. The molecule has 6 heteroatoms. The van der Waals surface area contributed by atoms with E-state index in [1.54, 1.807) is 7.05 Å². The van der Waals surface area contributed by atoms with Crippen LogP contribution in [0.3, 0.4) is 0 Å². The minimum atomic E-state index is -4.35. The monoisotopic (exact) mass is 238 g/mol. The predicted molar refractivity (Wildman–Crippen MR) is 54.0 cm³/mol. The van der Waals surface area contributed by atoms with Crippen molar-refractivity contribution in [3.63, 3.8) is 0 Å². The topological polar surface area (TPSA) is 24.9 Å². The van der Waals surface area contributed by atoms with Crippen molar-refractivity contribution in [2.24, 2.45) is 0 Å². The third-order valence-electron chi connectivity index (χ3n) is 1.81. The van der Waals surface area contributed by atoms with E-state index in [4.69, 9.17) is 0 Å². The summed E-state index contributed by atoms with van der Waals surface area (Å²) in [5, 5.41) is 3.25. The van der Waals surface area contributed by atoms with Crippen LogP contribution in [0.1, 0.15) is 35.3 Å². The van der Waals surface area contributed by atoms with Crippen LogP contribution in [0.25, 0.3) is 0 Å². The van der Waals surface area contributed by atoms with Gasteiger partial charge >= 0.3 is 6.18 Å². The highest BCUT2D eigenvalue weighted by Gasteiger charge is 2.37. The van der Waals surface area contributed by atoms with Gasteiger partial charge in [0.15, 0.2) is 5.69 Å². The van der Waals surface area contributed by atoms with E-state index in [-0.39, 0.29) is 17.3 Å². The van der Waals surface area contributed by atoms with Gasteiger partial charge in [0.05, 0.1) is 9.88 Å². The molecule has 0 fully saturated rings. The molecule has 0 bridgehead atoms. The number of thiazole rings is 1. The zero-order valence-corrected chi connectivity index (χ0v) is 9.59. The number of nitrogens with one attached hydrogen (secondary N) is 1. The van der Waals surface area contributed by atoms with Crippen molar-refractivity contribution in [1.82, 2.24) is 10.3 Å². The Labute approximate surface area is 90.5 Å². The van der Waals surface area contributed by atoms with Crippen molar-refractivity contribution in [3.05, 3.63) is 15.6 Å². The van der Waals surface area contributed by atoms with Gasteiger partial charge in [-0.15, -0.1) is 11.3 Å². The molecule has 0 radical (unpaired) electrons. The minimum absolute atomic E-state index is 0.0294. The zero-order chi connectivity index (χ0) is 11.6. The third-order valence-corrected chi connectivity index (χ3v) is 3.17. The Morgan fingerprint density at radius 1 is 1.40 bits per heavy atom. The van der Waals surface area contributed by atoms with E-state index in [1.807, 2.05) is 13.8 Å². The Morgan fingerprint density at radius 3 is 2.40 bits per heavy atom. The van der Waals surface area contributed by atoms with Gasteiger partial charge in [-0.3, -0.25) is 0 Å². The quantitative estimate of drug-likeness (QED) is 0.875. The molecule has 1 aromatic heterocycles. The first-order valence-electron chi connectivity index (χ1n) is 4.57. The predicted octanol–water partition coefficient (Wildman–Crippen LogP) is 3.00. The number of nitrogens with zero attached hydrogens (tertiary/aromatic N) is 1. The molecule has 86 valence electrons. The van der Waals surface area contributed by atoms with Crippen LogP contribution in [0.5, 0.6) is 0 Å². The summed E-state index contributed by atoms with van der Waals surface area (Å²) in [6, 6.07) is 0. The Hall–Kier alpha value is -0.620. The number of hydrogen-bond acceptors (Lipinski definition) is 3. The van der Waals surface area contributed by atoms with Crippen LogP contribution in [0.4, 0.5) is 13.2 Å². The number of alkyl halides is 3. The van der Waals surface area contributed by atoms with Crippen LogP contribution >= 0.6 is 11.3 Å². The lowest BCUT2D eigenvalue weighted by molar-refractivity contribution is -0.141. The van der Waals surface area contributed by atoms with E-state index < -0.39 is 11.9 Å². The van der Waals surface area contributed by atoms with Gasteiger partial charge in [-0.25, -0.2) is 4.98 Å². The lowest BCUT2D eigenvalue weighted by atomic mass is 10.2. The molecule has 1 N–H and O–H groups in total. The van der Waals surface area contributed by atoms with E-state index in [2.05, 4.69) is 10.3 Å². The lowest BCUT2D eigenvalue weighted by Crippen LogP contribution is -2.12. The van der Waals surface area contributed by atoms with E-state index >= 15 is 0 Å². The summed E-state index contributed by atoms with van der Waals surface area (Å²) < 4.78 is 37.7. The maximum atomic E-state index is 12.6. The van der Waals surface area contributed by atoms with Crippen molar-refractivity contribution in [3.8, 4) is 0 Å². The average Bonchev–Trinajstić information content (AvgIpc) is 2.48. The third kappa shape index (κ3) is 2.92. The molecule has 0 unspecified atom stereocenters. The molecule has 0 aromatic carbocycles. The highest BCUT2D eigenvalue weighted by molar-refractivity contribution is 7.11. The fourth-order valence-electron chi connectivity index (χ4n) is 1.12. The summed E-state index contributed by atoms with van der Waals surface area (Å²) in [6.45, 7) is 3.88. The van der Waals surface area contributed by atoms with Crippen molar-refractivity contribution >= 4 is 11.3 Å². The van der Waals surface area contributed by atoms with Crippen molar-refractivity contribution in [2.75, 3.05) is 7.05 Å². The molecule has 0 saturated heterocycles. The van der Waals surface area contributed by atoms with Gasteiger partial charge in [-0.05, 0) is 7.05 Å². The summed E-state index contributed by atoms with van der Waals surface area (Å²) in [4.78, 5) is 3.91. The van der Waals surface area contributed by atoms with Gasteiger partial charge in [0.25, 0.3) is 0 Å². The Morgan fingerprint density at radius 2 is 2.00 bits per heavy atom. The highest BCUT2D eigenvalue weighted by atomic mass is 32.1. The van der Waals surface area contributed by atoms with Gasteiger partial charge in [0, 0.05) is 12.5 Å². The highest BCUT2D eigenvalue weighted by Crippen LogP contribution is 2.36. The first-order valence-corrected chi connectivity index (χ1v) is 5.39. The molecule has 0 atom stereocenters. The smallest absolute Gasteiger partial charge is 0.315 e. The van der Waals surface area contributed by atoms with Crippen LogP contribution in [0.15, 0.2) is 0 Å². The molecular weight excluding hydrogens is 225 g/mol. The Kier molecular flexibility index (Phi) is 3.72. The zero-order valence-electron chi connectivity index (χ0n) is 8.77. The van der Waals surface area contributed by atoms with E-state index in [0.29, 0.717) is 5.01 Å². The molecule has 0 spiro atoms. The average molecular weight is 238 g/mol. The lowest BCUT2D eigenvalue weighted by Gasteiger charge is -2.04. The number of rotatable bonds is 3. The van der Waals surface area contributed by atoms with Crippen LogP contribution in [-0.2, 0) is 12.7 Å². The fraction of sp³-hybridized carbons (Fsp3) is 0.667. The van der Waals surface area contributed by atoms with Gasteiger partial charge in [-0.1, -0.05) is 13.8 Å².